The van der Waals surface area contributed by atoms with Crippen LogP contribution in [0.15, 0.2) is 48.8 Å². The smallest absolute Gasteiger partial charge is 0.269 e. The number of nitrogens with one attached hydrogen (secondary N) is 1. The van der Waals surface area contributed by atoms with E-state index in [0.29, 0.717) is 6.54 Å². The minimum absolute atomic E-state index is 0.0463. The molecule has 1 aromatic carbocycles. The van der Waals surface area contributed by atoms with Crippen LogP contribution >= 0.6 is 0 Å². The Hall–Kier alpha value is -3.00. The second kappa shape index (κ2) is 7.71. The van der Waals surface area contributed by atoms with Crippen LogP contribution in [-0.4, -0.2) is 53.4 Å². The van der Waals surface area contributed by atoms with E-state index in [4.69, 9.17) is 0 Å². The molecule has 0 spiro atoms. The number of carbonyl (C=O) groups excluding carboxylic acids is 1. The summed E-state index contributed by atoms with van der Waals surface area (Å²) >= 11 is 0. The maximum Gasteiger partial charge on any atom is 0.269 e. The van der Waals surface area contributed by atoms with Crippen molar-refractivity contribution >= 4 is 23.0 Å². The van der Waals surface area contributed by atoms with Gasteiger partial charge in [0.05, 0.1) is 11.5 Å². The van der Waals surface area contributed by atoms with Gasteiger partial charge in [0.15, 0.2) is 0 Å². The van der Waals surface area contributed by atoms with E-state index in [-0.39, 0.29) is 11.6 Å². The Bertz CT molecular complexity index is 728. The van der Waals surface area contributed by atoms with Gasteiger partial charge in [-0.25, -0.2) is 0 Å². The molecule has 8 nitrogen and oxygen atoms in total. The molecule has 25 heavy (non-hydrogen) atoms. The Morgan fingerprint density at radius 2 is 1.72 bits per heavy atom. The van der Waals surface area contributed by atoms with Gasteiger partial charge in [-0.15, -0.1) is 0 Å². The number of hydrogen-bond donors (Lipinski definition) is 1. The van der Waals surface area contributed by atoms with Crippen LogP contribution in [0.25, 0.3) is 0 Å². The van der Waals surface area contributed by atoms with E-state index in [1.807, 2.05) is 0 Å². The first-order valence-electron chi connectivity index (χ1n) is 8.03. The van der Waals surface area contributed by atoms with E-state index in [9.17, 15) is 14.9 Å². The van der Waals surface area contributed by atoms with Gasteiger partial charge in [0.1, 0.15) is 0 Å². The highest BCUT2D eigenvalue weighted by atomic mass is 16.6. The van der Waals surface area contributed by atoms with Crippen molar-refractivity contribution in [2.75, 3.05) is 42.9 Å². The summed E-state index contributed by atoms with van der Waals surface area (Å²) in [4.78, 5) is 30.6. The zero-order chi connectivity index (χ0) is 17.6. The highest BCUT2D eigenvalue weighted by Gasteiger charge is 2.19. The first-order chi connectivity index (χ1) is 12.1. The van der Waals surface area contributed by atoms with Gasteiger partial charge in [-0.1, -0.05) is 0 Å². The number of aromatic nitrogens is 1. The highest BCUT2D eigenvalue weighted by molar-refractivity contribution is 5.92. The van der Waals surface area contributed by atoms with Crippen LogP contribution in [0.2, 0.25) is 0 Å². The predicted octanol–water partition coefficient (Wildman–Crippen LogP) is 1.75. The number of hydrogen-bond acceptors (Lipinski definition) is 6. The summed E-state index contributed by atoms with van der Waals surface area (Å²) in [6.07, 6.45) is 3.27. The van der Waals surface area contributed by atoms with Crippen LogP contribution in [0.5, 0.6) is 0 Å². The molecule has 1 aromatic heterocycles. The number of anilines is 2. The van der Waals surface area contributed by atoms with Crippen LogP contribution in [0.4, 0.5) is 17.1 Å². The number of rotatable bonds is 5. The van der Waals surface area contributed by atoms with Crippen molar-refractivity contribution in [1.82, 2.24) is 9.88 Å². The van der Waals surface area contributed by atoms with Gasteiger partial charge in [0.2, 0.25) is 5.91 Å². The summed E-state index contributed by atoms with van der Waals surface area (Å²) in [5, 5.41) is 13.6. The zero-order valence-electron chi connectivity index (χ0n) is 13.7. The van der Waals surface area contributed by atoms with Crippen LogP contribution in [0, 0.1) is 10.1 Å². The van der Waals surface area contributed by atoms with E-state index in [0.717, 1.165) is 37.6 Å². The van der Waals surface area contributed by atoms with Gasteiger partial charge in [0, 0.05) is 62.1 Å². The second-order valence-corrected chi connectivity index (χ2v) is 5.82. The van der Waals surface area contributed by atoms with E-state index in [1.54, 1.807) is 36.7 Å². The van der Waals surface area contributed by atoms with Crippen molar-refractivity contribution in [2.24, 2.45) is 0 Å². The monoisotopic (exact) mass is 341 g/mol. The lowest BCUT2D eigenvalue weighted by atomic mass is 10.2. The van der Waals surface area contributed by atoms with E-state index < -0.39 is 4.92 Å². The molecule has 1 amide bonds. The summed E-state index contributed by atoms with van der Waals surface area (Å²) in [6, 6.07) is 10.1. The fraction of sp³-hybridized carbons (Fsp3) is 0.294. The number of nitro groups is 1. The first-order valence-corrected chi connectivity index (χ1v) is 8.03. The third-order valence-corrected chi connectivity index (χ3v) is 4.13. The van der Waals surface area contributed by atoms with Crippen molar-refractivity contribution in [3.05, 3.63) is 58.9 Å². The lowest BCUT2D eigenvalue weighted by Gasteiger charge is -2.35. The molecule has 2 heterocycles. The fourth-order valence-corrected chi connectivity index (χ4v) is 2.79. The second-order valence-electron chi connectivity index (χ2n) is 5.82. The van der Waals surface area contributed by atoms with Gasteiger partial charge in [-0.05, 0) is 24.3 Å². The molecule has 0 saturated carbocycles. The van der Waals surface area contributed by atoms with Gasteiger partial charge in [0.25, 0.3) is 5.69 Å². The number of nitro benzene ring substituents is 1. The molecule has 3 rings (SSSR count). The number of non-ortho nitro benzene ring substituents is 1. The van der Waals surface area contributed by atoms with E-state index in [2.05, 4.69) is 20.1 Å². The molecule has 0 atom stereocenters. The summed E-state index contributed by atoms with van der Waals surface area (Å²) in [6.45, 7) is 3.43. The molecule has 0 unspecified atom stereocenters. The number of piperazine rings is 1. The molecule has 0 radical (unpaired) electrons. The lowest BCUT2D eigenvalue weighted by molar-refractivity contribution is -0.384. The van der Waals surface area contributed by atoms with E-state index in [1.165, 1.54) is 12.1 Å². The molecule has 1 fully saturated rings. The van der Waals surface area contributed by atoms with Crippen LogP contribution < -0.4 is 10.2 Å². The summed E-state index contributed by atoms with van der Waals surface area (Å²) in [5.41, 5.74) is 1.80. The topological polar surface area (TPSA) is 91.6 Å². The number of carbonyl (C=O) groups is 1. The molecule has 130 valence electrons. The molecule has 1 saturated heterocycles. The van der Waals surface area contributed by atoms with Crippen molar-refractivity contribution in [1.29, 1.82) is 0 Å². The number of nitrogens with zero attached hydrogens (tertiary/aromatic N) is 4. The Kier molecular flexibility index (Phi) is 5.20. The quantitative estimate of drug-likeness (QED) is 0.658. The lowest BCUT2D eigenvalue weighted by Crippen LogP contribution is -2.48. The molecular formula is C17H19N5O3. The van der Waals surface area contributed by atoms with Gasteiger partial charge in [-0.3, -0.25) is 24.8 Å². The molecule has 8 heteroatoms. The Morgan fingerprint density at radius 3 is 2.32 bits per heavy atom. The maximum absolute atomic E-state index is 12.1. The Balaban J connectivity index is 1.48. The largest absolute Gasteiger partial charge is 0.369 e. The van der Waals surface area contributed by atoms with Crippen molar-refractivity contribution in [2.45, 2.75) is 0 Å². The summed E-state index contributed by atoms with van der Waals surface area (Å²) < 4.78 is 0. The fourth-order valence-electron chi connectivity index (χ4n) is 2.79. The van der Waals surface area contributed by atoms with Gasteiger partial charge >= 0.3 is 0 Å². The van der Waals surface area contributed by atoms with Gasteiger partial charge in [-0.2, -0.15) is 0 Å². The van der Waals surface area contributed by atoms with Crippen molar-refractivity contribution in [3.8, 4) is 0 Å². The predicted molar refractivity (Wildman–Crippen MR) is 94.6 cm³/mol. The van der Waals surface area contributed by atoms with E-state index >= 15 is 0 Å². The molecule has 1 N–H and O–H groups in total. The van der Waals surface area contributed by atoms with Crippen LogP contribution in [0.3, 0.4) is 0 Å². The average Bonchev–Trinajstić information content (AvgIpc) is 2.63. The number of benzene rings is 1. The minimum Gasteiger partial charge on any atom is -0.369 e. The van der Waals surface area contributed by atoms with Gasteiger partial charge < -0.3 is 10.2 Å². The highest BCUT2D eigenvalue weighted by Crippen LogP contribution is 2.20. The SMILES string of the molecule is O=C(CN1CCN(c2ccc([N+](=O)[O-])cc2)CC1)Nc1ccncc1. The zero-order valence-corrected chi connectivity index (χ0v) is 13.7. The molecule has 1 aliphatic rings. The molecule has 0 bridgehead atoms. The summed E-state index contributed by atoms with van der Waals surface area (Å²) in [7, 11) is 0. The first kappa shape index (κ1) is 16.8. The maximum atomic E-state index is 12.1. The third-order valence-electron chi connectivity index (χ3n) is 4.13. The normalized spacial score (nSPS) is 15.0. The third kappa shape index (κ3) is 4.51. The molecule has 0 aliphatic carbocycles. The van der Waals surface area contributed by atoms with Crippen molar-refractivity contribution < 1.29 is 9.72 Å². The molecule has 1 aliphatic heterocycles. The number of pyridine rings is 1. The molecular weight excluding hydrogens is 322 g/mol. The number of amides is 1. The average molecular weight is 341 g/mol. The Morgan fingerprint density at radius 1 is 1.08 bits per heavy atom. The Labute approximate surface area is 145 Å². The van der Waals surface area contributed by atoms with Crippen LogP contribution in [0.1, 0.15) is 0 Å². The van der Waals surface area contributed by atoms with Crippen molar-refractivity contribution in [3.63, 3.8) is 0 Å². The molecule has 2 aromatic rings. The minimum atomic E-state index is -0.400. The van der Waals surface area contributed by atoms with Crippen LogP contribution in [-0.2, 0) is 4.79 Å². The summed E-state index contributed by atoms with van der Waals surface area (Å²) in [5.74, 6) is -0.0463. The standard InChI is InChI=1S/C17H19N5O3/c23-17(19-14-5-7-18-8-6-14)13-20-9-11-21(12-10-20)15-1-3-16(4-2-15)22(24)25/h1-8H,9-13H2,(H,18,19,23).